The maximum absolute atomic E-state index is 5.76. The summed E-state index contributed by atoms with van der Waals surface area (Å²) in [4.78, 5) is 0. The summed E-state index contributed by atoms with van der Waals surface area (Å²) in [5.74, 6) is 0.800. The zero-order chi connectivity index (χ0) is 10.5. The molecule has 0 amide bonds. The molecule has 1 fully saturated rings. The van der Waals surface area contributed by atoms with E-state index in [2.05, 4.69) is 0 Å². The zero-order valence-corrected chi connectivity index (χ0v) is 9.07. The molecule has 1 atom stereocenters. The van der Waals surface area contributed by atoms with Crippen molar-refractivity contribution >= 4 is 11.6 Å². The highest BCUT2D eigenvalue weighted by Crippen LogP contribution is 2.16. The van der Waals surface area contributed by atoms with Crippen molar-refractivity contribution < 1.29 is 14.2 Å². The molecule has 1 heterocycles. The molecule has 3 nitrogen and oxygen atoms in total. The van der Waals surface area contributed by atoms with Crippen LogP contribution in [0, 0.1) is 0 Å². The van der Waals surface area contributed by atoms with Crippen LogP contribution in [0.15, 0.2) is 24.3 Å². The van der Waals surface area contributed by atoms with Crippen LogP contribution in [-0.2, 0) is 9.47 Å². The molecular formula is C11H13ClO3. The van der Waals surface area contributed by atoms with Crippen LogP contribution in [-0.4, -0.2) is 32.5 Å². The Kier molecular flexibility index (Phi) is 3.83. The van der Waals surface area contributed by atoms with Gasteiger partial charge in [0.1, 0.15) is 18.5 Å². The molecule has 2 rings (SSSR count). The van der Waals surface area contributed by atoms with Gasteiger partial charge in [-0.2, -0.15) is 0 Å². The maximum Gasteiger partial charge on any atom is 0.119 e. The lowest BCUT2D eigenvalue weighted by Gasteiger charge is -2.22. The molecule has 0 radical (unpaired) electrons. The lowest BCUT2D eigenvalue weighted by atomic mass is 10.3. The van der Waals surface area contributed by atoms with Crippen molar-refractivity contribution in [1.82, 2.24) is 0 Å². The molecule has 1 aromatic carbocycles. The first-order valence-electron chi connectivity index (χ1n) is 4.92. The van der Waals surface area contributed by atoms with E-state index in [0.29, 0.717) is 31.5 Å². The van der Waals surface area contributed by atoms with Crippen LogP contribution < -0.4 is 4.74 Å². The van der Waals surface area contributed by atoms with E-state index in [1.165, 1.54) is 0 Å². The summed E-state index contributed by atoms with van der Waals surface area (Å²) in [7, 11) is 0. The van der Waals surface area contributed by atoms with Gasteiger partial charge in [-0.15, -0.1) is 0 Å². The van der Waals surface area contributed by atoms with Crippen LogP contribution >= 0.6 is 11.6 Å². The molecular weight excluding hydrogens is 216 g/mol. The summed E-state index contributed by atoms with van der Waals surface area (Å²) in [6.07, 6.45) is 0.0365. The fraction of sp³-hybridized carbons (Fsp3) is 0.455. The second-order valence-electron chi connectivity index (χ2n) is 3.33. The number of ether oxygens (including phenoxy) is 3. The average molecular weight is 229 g/mol. The van der Waals surface area contributed by atoms with E-state index >= 15 is 0 Å². The predicted octanol–water partition coefficient (Wildman–Crippen LogP) is 2.13. The van der Waals surface area contributed by atoms with Crippen molar-refractivity contribution in [1.29, 1.82) is 0 Å². The van der Waals surface area contributed by atoms with E-state index in [0.717, 1.165) is 5.75 Å². The van der Waals surface area contributed by atoms with Crippen molar-refractivity contribution in [3.8, 4) is 5.75 Å². The molecule has 0 aromatic heterocycles. The third kappa shape index (κ3) is 3.38. The predicted molar refractivity (Wildman–Crippen MR) is 57.5 cm³/mol. The van der Waals surface area contributed by atoms with Gasteiger partial charge < -0.3 is 14.2 Å². The Hall–Kier alpha value is -0.770. The summed E-state index contributed by atoms with van der Waals surface area (Å²) >= 11 is 5.76. The van der Waals surface area contributed by atoms with Crippen molar-refractivity contribution in [2.24, 2.45) is 0 Å². The number of benzene rings is 1. The average Bonchev–Trinajstić information content (AvgIpc) is 2.30. The zero-order valence-electron chi connectivity index (χ0n) is 8.32. The van der Waals surface area contributed by atoms with E-state index in [4.69, 9.17) is 25.8 Å². The lowest BCUT2D eigenvalue weighted by Crippen LogP contribution is -2.33. The molecule has 0 unspecified atom stereocenters. The number of hydrogen-bond donors (Lipinski definition) is 0. The number of halogens is 1. The first-order valence-corrected chi connectivity index (χ1v) is 5.30. The van der Waals surface area contributed by atoms with Crippen LogP contribution in [0.25, 0.3) is 0 Å². The first kappa shape index (κ1) is 10.7. The van der Waals surface area contributed by atoms with Crippen molar-refractivity contribution in [2.75, 3.05) is 26.4 Å². The van der Waals surface area contributed by atoms with Gasteiger partial charge in [0.25, 0.3) is 0 Å². The molecule has 1 aromatic rings. The van der Waals surface area contributed by atoms with Gasteiger partial charge in [0.2, 0.25) is 0 Å². The highest BCUT2D eigenvalue weighted by atomic mass is 35.5. The third-order valence-electron chi connectivity index (χ3n) is 2.13. The summed E-state index contributed by atoms with van der Waals surface area (Å²) in [6.45, 7) is 2.45. The minimum absolute atomic E-state index is 0.0365. The summed E-state index contributed by atoms with van der Waals surface area (Å²) in [6, 6.07) is 7.28. The van der Waals surface area contributed by atoms with E-state index < -0.39 is 0 Å². The number of rotatable bonds is 3. The molecule has 0 bridgehead atoms. The minimum atomic E-state index is 0.0365. The smallest absolute Gasteiger partial charge is 0.119 e. The van der Waals surface area contributed by atoms with E-state index in [-0.39, 0.29) is 6.10 Å². The van der Waals surface area contributed by atoms with E-state index in [9.17, 15) is 0 Å². The molecule has 0 N–H and O–H groups in total. The molecule has 1 aliphatic rings. The van der Waals surface area contributed by atoms with Crippen molar-refractivity contribution in [3.63, 3.8) is 0 Å². The Morgan fingerprint density at radius 3 is 2.73 bits per heavy atom. The van der Waals surface area contributed by atoms with E-state index in [1.807, 2.05) is 12.1 Å². The van der Waals surface area contributed by atoms with Crippen molar-refractivity contribution in [2.45, 2.75) is 6.10 Å². The van der Waals surface area contributed by atoms with E-state index in [1.54, 1.807) is 12.1 Å². The topological polar surface area (TPSA) is 27.7 Å². The Morgan fingerprint density at radius 2 is 2.07 bits per heavy atom. The summed E-state index contributed by atoms with van der Waals surface area (Å²) in [5, 5.41) is 0.708. The highest BCUT2D eigenvalue weighted by Gasteiger charge is 2.14. The van der Waals surface area contributed by atoms with Gasteiger partial charge in [-0.1, -0.05) is 11.6 Å². The van der Waals surface area contributed by atoms with Crippen LogP contribution in [0.3, 0.4) is 0 Å². The van der Waals surface area contributed by atoms with Gasteiger partial charge in [0.15, 0.2) is 0 Å². The van der Waals surface area contributed by atoms with Gasteiger partial charge in [-0.3, -0.25) is 0 Å². The Balaban J connectivity index is 1.79. The van der Waals surface area contributed by atoms with Gasteiger partial charge in [-0.25, -0.2) is 0 Å². The lowest BCUT2D eigenvalue weighted by molar-refractivity contribution is -0.101. The normalized spacial score (nSPS) is 21.3. The van der Waals surface area contributed by atoms with Crippen molar-refractivity contribution in [3.05, 3.63) is 29.3 Å². The molecule has 1 aliphatic heterocycles. The molecule has 1 saturated heterocycles. The second kappa shape index (κ2) is 5.35. The molecule has 4 heteroatoms. The summed E-state index contributed by atoms with van der Waals surface area (Å²) < 4.78 is 16.2. The molecule has 0 spiro atoms. The molecule has 82 valence electrons. The van der Waals surface area contributed by atoms with Gasteiger partial charge in [0, 0.05) is 5.02 Å². The molecule has 0 aliphatic carbocycles. The summed E-state index contributed by atoms with van der Waals surface area (Å²) in [5.41, 5.74) is 0. The third-order valence-corrected chi connectivity index (χ3v) is 2.39. The van der Waals surface area contributed by atoms with Gasteiger partial charge >= 0.3 is 0 Å². The van der Waals surface area contributed by atoms with Crippen LogP contribution in [0.2, 0.25) is 5.02 Å². The minimum Gasteiger partial charge on any atom is -0.491 e. The Bertz CT molecular complexity index is 293. The highest BCUT2D eigenvalue weighted by molar-refractivity contribution is 6.30. The number of hydrogen-bond acceptors (Lipinski definition) is 3. The fourth-order valence-corrected chi connectivity index (χ4v) is 1.48. The Morgan fingerprint density at radius 1 is 1.27 bits per heavy atom. The fourth-order valence-electron chi connectivity index (χ4n) is 1.35. The quantitative estimate of drug-likeness (QED) is 0.793. The standard InChI is InChI=1S/C11H13ClO3/c12-9-1-3-10(4-2-9)15-8-11-7-13-5-6-14-11/h1-4,11H,5-8H2/t11-/m1/s1. The SMILES string of the molecule is Clc1ccc(OC[C@H]2COCCO2)cc1. The molecule has 0 saturated carbocycles. The monoisotopic (exact) mass is 228 g/mol. The van der Waals surface area contributed by atoms with Crippen LogP contribution in [0.5, 0.6) is 5.75 Å². The second-order valence-corrected chi connectivity index (χ2v) is 3.77. The molecule has 15 heavy (non-hydrogen) atoms. The van der Waals surface area contributed by atoms with Crippen LogP contribution in [0.1, 0.15) is 0 Å². The van der Waals surface area contributed by atoms with Gasteiger partial charge in [0.05, 0.1) is 19.8 Å². The first-order chi connectivity index (χ1) is 7.34. The van der Waals surface area contributed by atoms with Crippen LogP contribution in [0.4, 0.5) is 0 Å². The van der Waals surface area contributed by atoms with Gasteiger partial charge in [-0.05, 0) is 24.3 Å². The largest absolute Gasteiger partial charge is 0.491 e. The Labute approximate surface area is 93.9 Å². The maximum atomic E-state index is 5.76.